The van der Waals surface area contributed by atoms with Gasteiger partial charge in [0.25, 0.3) is 15.9 Å². The molecule has 1 amide bonds. The number of hydrogen-bond donors (Lipinski definition) is 1. The molecule has 0 bridgehead atoms. The molecular formula is C19H24N2O3S2. The monoisotopic (exact) mass is 392 g/mol. The van der Waals surface area contributed by atoms with Crippen LogP contribution in [0.1, 0.15) is 37.0 Å². The minimum absolute atomic E-state index is 0.0891. The number of nitrogens with zero attached hydrogens (tertiary/aromatic N) is 1. The Kier molecular flexibility index (Phi) is 5.79. The molecule has 0 spiro atoms. The summed E-state index contributed by atoms with van der Waals surface area (Å²) in [6.45, 7) is 5.96. The molecule has 1 aromatic carbocycles. The molecule has 5 nitrogen and oxygen atoms in total. The maximum absolute atomic E-state index is 12.6. The van der Waals surface area contributed by atoms with Crippen LogP contribution >= 0.6 is 11.3 Å². The molecule has 2 aromatic rings. The van der Waals surface area contributed by atoms with Crippen molar-refractivity contribution < 1.29 is 13.2 Å². The predicted molar refractivity (Wildman–Crippen MR) is 105 cm³/mol. The summed E-state index contributed by atoms with van der Waals surface area (Å²) in [5.74, 6) is 0.314. The second-order valence-electron chi connectivity index (χ2n) is 6.91. The highest BCUT2D eigenvalue weighted by molar-refractivity contribution is 7.91. The molecule has 1 aliphatic heterocycles. The fourth-order valence-corrected chi connectivity index (χ4v) is 5.84. The van der Waals surface area contributed by atoms with Gasteiger partial charge in [0.05, 0.1) is 0 Å². The first kappa shape index (κ1) is 19.1. The van der Waals surface area contributed by atoms with Crippen LogP contribution in [-0.2, 0) is 10.0 Å². The number of thiophene rings is 1. The maximum atomic E-state index is 12.6. The SMILES string of the molecule is CC(C)CNC(=O)c1ccc(-c2ccc(S(=O)(=O)N3CCCC3)s2)cc1. The maximum Gasteiger partial charge on any atom is 0.252 e. The van der Waals surface area contributed by atoms with Gasteiger partial charge in [-0.3, -0.25) is 4.79 Å². The van der Waals surface area contributed by atoms with E-state index >= 15 is 0 Å². The second kappa shape index (κ2) is 7.90. The van der Waals surface area contributed by atoms with E-state index in [9.17, 15) is 13.2 Å². The number of carbonyl (C=O) groups excluding carboxylic acids is 1. The number of hydrogen-bond acceptors (Lipinski definition) is 4. The third-order valence-electron chi connectivity index (χ3n) is 4.34. The molecule has 2 heterocycles. The standard InChI is InChI=1S/C19H24N2O3S2/c1-14(2)13-20-19(22)16-7-5-15(6-8-16)17-9-10-18(25-17)26(23,24)21-11-3-4-12-21/h5-10,14H,3-4,11-13H2,1-2H3,(H,20,22). The smallest absolute Gasteiger partial charge is 0.252 e. The first-order valence-electron chi connectivity index (χ1n) is 8.86. The summed E-state index contributed by atoms with van der Waals surface area (Å²) in [5, 5.41) is 2.89. The van der Waals surface area contributed by atoms with Crippen LogP contribution in [0, 0.1) is 5.92 Å². The van der Waals surface area contributed by atoms with Gasteiger partial charge < -0.3 is 5.32 Å². The molecule has 0 atom stereocenters. The van der Waals surface area contributed by atoms with E-state index in [1.54, 1.807) is 22.5 Å². The normalized spacial score (nSPS) is 15.5. The summed E-state index contributed by atoms with van der Waals surface area (Å²) in [7, 11) is -3.38. The zero-order chi connectivity index (χ0) is 18.7. The Labute approximate surface area is 159 Å². The Morgan fingerprint density at radius 3 is 2.38 bits per heavy atom. The minimum atomic E-state index is -3.38. The van der Waals surface area contributed by atoms with E-state index in [0.717, 1.165) is 23.3 Å². The quantitative estimate of drug-likeness (QED) is 0.817. The van der Waals surface area contributed by atoms with E-state index in [4.69, 9.17) is 0 Å². The van der Waals surface area contributed by atoms with Crippen LogP contribution in [0.25, 0.3) is 10.4 Å². The molecule has 1 aliphatic rings. The fourth-order valence-electron chi connectivity index (χ4n) is 2.85. The zero-order valence-electron chi connectivity index (χ0n) is 15.1. The number of amides is 1. The first-order valence-corrected chi connectivity index (χ1v) is 11.1. The van der Waals surface area contributed by atoms with Gasteiger partial charge in [0.1, 0.15) is 4.21 Å². The molecule has 1 aromatic heterocycles. The molecule has 140 valence electrons. The van der Waals surface area contributed by atoms with Gasteiger partial charge in [-0.1, -0.05) is 26.0 Å². The van der Waals surface area contributed by atoms with Crippen LogP contribution in [0.5, 0.6) is 0 Å². The summed E-state index contributed by atoms with van der Waals surface area (Å²) < 4.78 is 27.2. The Hall–Kier alpha value is -1.70. The van der Waals surface area contributed by atoms with Crippen molar-refractivity contribution in [2.75, 3.05) is 19.6 Å². The van der Waals surface area contributed by atoms with Crippen molar-refractivity contribution >= 4 is 27.3 Å². The highest BCUT2D eigenvalue weighted by atomic mass is 32.2. The molecule has 1 N–H and O–H groups in total. The molecule has 0 unspecified atom stereocenters. The summed E-state index contributed by atoms with van der Waals surface area (Å²) in [6.07, 6.45) is 1.86. The number of carbonyl (C=O) groups is 1. The Balaban J connectivity index is 1.74. The Morgan fingerprint density at radius 1 is 1.12 bits per heavy atom. The van der Waals surface area contributed by atoms with Gasteiger partial charge in [-0.05, 0) is 48.6 Å². The number of rotatable bonds is 6. The van der Waals surface area contributed by atoms with Crippen molar-refractivity contribution in [3.05, 3.63) is 42.0 Å². The largest absolute Gasteiger partial charge is 0.352 e. The fraction of sp³-hybridized carbons (Fsp3) is 0.421. The zero-order valence-corrected chi connectivity index (χ0v) is 16.7. The van der Waals surface area contributed by atoms with E-state index in [1.807, 2.05) is 32.0 Å². The van der Waals surface area contributed by atoms with Gasteiger partial charge in [0.15, 0.2) is 0 Å². The van der Waals surface area contributed by atoms with Crippen molar-refractivity contribution in [1.29, 1.82) is 0 Å². The summed E-state index contributed by atoms with van der Waals surface area (Å²) in [4.78, 5) is 13.0. The first-order chi connectivity index (χ1) is 12.4. The number of sulfonamides is 1. The summed E-state index contributed by atoms with van der Waals surface area (Å²) in [6, 6.07) is 10.8. The highest BCUT2D eigenvalue weighted by Crippen LogP contribution is 2.33. The molecule has 7 heteroatoms. The van der Waals surface area contributed by atoms with Crippen LogP contribution in [0.15, 0.2) is 40.6 Å². The van der Waals surface area contributed by atoms with Crippen molar-refractivity contribution in [3.8, 4) is 10.4 Å². The van der Waals surface area contributed by atoms with Gasteiger partial charge in [-0.25, -0.2) is 8.42 Å². The van der Waals surface area contributed by atoms with E-state index in [1.165, 1.54) is 11.3 Å². The van der Waals surface area contributed by atoms with E-state index < -0.39 is 10.0 Å². The van der Waals surface area contributed by atoms with Gasteiger partial charge in [0, 0.05) is 30.1 Å². The molecule has 1 fully saturated rings. The van der Waals surface area contributed by atoms with E-state index in [-0.39, 0.29) is 5.91 Å². The lowest BCUT2D eigenvalue weighted by atomic mass is 10.1. The molecule has 26 heavy (non-hydrogen) atoms. The molecule has 0 radical (unpaired) electrons. The van der Waals surface area contributed by atoms with Gasteiger partial charge in [0.2, 0.25) is 0 Å². The second-order valence-corrected chi connectivity index (χ2v) is 10.2. The van der Waals surface area contributed by atoms with Crippen molar-refractivity contribution in [2.24, 2.45) is 5.92 Å². The Bertz CT molecular complexity index is 864. The van der Waals surface area contributed by atoms with E-state index in [2.05, 4.69) is 5.32 Å². The van der Waals surface area contributed by atoms with Crippen LogP contribution in [0.2, 0.25) is 0 Å². The molecular weight excluding hydrogens is 368 g/mol. The summed E-state index contributed by atoms with van der Waals surface area (Å²) in [5.41, 5.74) is 1.52. The lowest BCUT2D eigenvalue weighted by Gasteiger charge is -2.13. The Morgan fingerprint density at radius 2 is 1.77 bits per heavy atom. The number of benzene rings is 1. The summed E-state index contributed by atoms with van der Waals surface area (Å²) >= 11 is 1.28. The van der Waals surface area contributed by atoms with Crippen LogP contribution in [-0.4, -0.2) is 38.3 Å². The molecule has 0 saturated carbocycles. The van der Waals surface area contributed by atoms with Crippen LogP contribution in [0.4, 0.5) is 0 Å². The van der Waals surface area contributed by atoms with Gasteiger partial charge in [-0.15, -0.1) is 11.3 Å². The third kappa shape index (κ3) is 4.16. The number of nitrogens with one attached hydrogen (secondary N) is 1. The van der Waals surface area contributed by atoms with Crippen LogP contribution < -0.4 is 5.32 Å². The van der Waals surface area contributed by atoms with E-state index in [0.29, 0.717) is 35.3 Å². The lowest BCUT2D eigenvalue weighted by Crippen LogP contribution is -2.27. The van der Waals surface area contributed by atoms with Crippen molar-refractivity contribution in [2.45, 2.75) is 30.9 Å². The van der Waals surface area contributed by atoms with Crippen molar-refractivity contribution in [3.63, 3.8) is 0 Å². The third-order valence-corrected chi connectivity index (χ3v) is 7.84. The average molecular weight is 393 g/mol. The predicted octanol–water partition coefficient (Wildman–Crippen LogP) is 3.59. The van der Waals surface area contributed by atoms with Crippen molar-refractivity contribution in [1.82, 2.24) is 9.62 Å². The van der Waals surface area contributed by atoms with Crippen LogP contribution in [0.3, 0.4) is 0 Å². The highest BCUT2D eigenvalue weighted by Gasteiger charge is 2.28. The minimum Gasteiger partial charge on any atom is -0.352 e. The lowest BCUT2D eigenvalue weighted by molar-refractivity contribution is 0.0949. The van der Waals surface area contributed by atoms with Gasteiger partial charge in [-0.2, -0.15) is 4.31 Å². The topological polar surface area (TPSA) is 66.5 Å². The molecule has 0 aliphatic carbocycles. The average Bonchev–Trinajstić information content (AvgIpc) is 3.31. The van der Waals surface area contributed by atoms with Gasteiger partial charge >= 0.3 is 0 Å². The molecule has 3 rings (SSSR count). The molecule has 1 saturated heterocycles.